The maximum atomic E-state index is 12.7. The Kier molecular flexibility index (Phi) is 6.79. The van der Waals surface area contributed by atoms with Crippen molar-refractivity contribution in [2.24, 2.45) is 0 Å². The van der Waals surface area contributed by atoms with Crippen LogP contribution in [0.3, 0.4) is 0 Å². The van der Waals surface area contributed by atoms with Crippen LogP contribution in [-0.2, 0) is 19.3 Å². The number of para-hydroxylation sites is 1. The Morgan fingerprint density at radius 2 is 1.77 bits per heavy atom. The van der Waals surface area contributed by atoms with Gasteiger partial charge in [-0.1, -0.05) is 30.3 Å². The van der Waals surface area contributed by atoms with Crippen LogP contribution < -0.4 is 14.8 Å². The molecule has 0 heterocycles. The van der Waals surface area contributed by atoms with Crippen LogP contribution in [0.5, 0.6) is 11.5 Å². The third kappa shape index (κ3) is 5.59. The van der Waals surface area contributed by atoms with E-state index in [-0.39, 0.29) is 31.2 Å². The predicted octanol–water partition coefficient (Wildman–Crippen LogP) is 5.00. The van der Waals surface area contributed by atoms with E-state index in [0.29, 0.717) is 11.1 Å². The van der Waals surface area contributed by atoms with Crippen molar-refractivity contribution in [3.8, 4) is 11.5 Å². The summed E-state index contributed by atoms with van der Waals surface area (Å²) in [6.45, 7) is -0.763. The van der Waals surface area contributed by atoms with Crippen LogP contribution >= 0.6 is 0 Å². The summed E-state index contributed by atoms with van der Waals surface area (Å²) < 4.78 is 73.3. The molecule has 142 valence electrons. The van der Waals surface area contributed by atoms with E-state index in [1.807, 2.05) is 0 Å². The summed E-state index contributed by atoms with van der Waals surface area (Å²) in [5, 5.41) is 2.93. The van der Waals surface area contributed by atoms with Crippen LogP contribution in [0.4, 0.5) is 22.0 Å². The van der Waals surface area contributed by atoms with Crippen LogP contribution in [0, 0.1) is 0 Å². The molecule has 0 fully saturated rings. The number of nitrogens with one attached hydrogen (secondary N) is 1. The third-order valence-electron chi connectivity index (χ3n) is 3.47. The van der Waals surface area contributed by atoms with Gasteiger partial charge in [-0.3, -0.25) is 0 Å². The highest BCUT2D eigenvalue weighted by Crippen LogP contribution is 2.33. The van der Waals surface area contributed by atoms with Crippen molar-refractivity contribution in [2.45, 2.75) is 32.8 Å². The summed E-state index contributed by atoms with van der Waals surface area (Å²) in [4.78, 5) is 0. The molecule has 0 radical (unpaired) electrons. The highest BCUT2D eigenvalue weighted by molar-refractivity contribution is 5.46. The number of alkyl halides is 5. The molecule has 0 aliphatic heterocycles. The van der Waals surface area contributed by atoms with Gasteiger partial charge in [0.05, 0.1) is 12.2 Å². The van der Waals surface area contributed by atoms with Gasteiger partial charge in [-0.05, 0) is 24.6 Å². The van der Waals surface area contributed by atoms with Gasteiger partial charge < -0.3 is 14.8 Å². The first-order valence-electron chi connectivity index (χ1n) is 7.87. The quantitative estimate of drug-likeness (QED) is 0.659. The van der Waals surface area contributed by atoms with Crippen LogP contribution in [-0.4, -0.2) is 13.2 Å². The zero-order valence-electron chi connectivity index (χ0n) is 13.9. The molecule has 2 rings (SSSR count). The van der Waals surface area contributed by atoms with Crippen LogP contribution in [0.2, 0.25) is 0 Å². The largest absolute Gasteiger partial charge is 0.490 e. The summed E-state index contributed by atoms with van der Waals surface area (Å²) in [7, 11) is 0. The van der Waals surface area contributed by atoms with Crippen molar-refractivity contribution in [1.82, 2.24) is 5.32 Å². The van der Waals surface area contributed by atoms with E-state index in [0.717, 1.165) is 12.1 Å². The lowest BCUT2D eigenvalue weighted by Gasteiger charge is -2.16. The molecule has 2 aromatic carbocycles. The Balaban J connectivity index is 2.09. The Bertz CT molecular complexity index is 719. The molecule has 1 N–H and O–H groups in total. The van der Waals surface area contributed by atoms with E-state index < -0.39 is 18.4 Å². The fourth-order valence-electron chi connectivity index (χ4n) is 2.39. The number of hydrogen-bond donors (Lipinski definition) is 1. The molecule has 0 unspecified atom stereocenters. The van der Waals surface area contributed by atoms with Crippen molar-refractivity contribution in [2.75, 3.05) is 6.61 Å². The molecule has 2 aromatic rings. The lowest BCUT2D eigenvalue weighted by Crippen LogP contribution is -2.16. The fraction of sp³-hybridized carbons (Fsp3) is 0.333. The number of rotatable bonds is 8. The standard InChI is InChI=1S/C18H18F5NO2/c1-2-25-15-8-4-6-13(16(15)26-17(19)20)11-24-10-12-5-3-7-14(9-12)18(21,22)23/h3-9,17,24H,2,10-11H2,1H3. The predicted molar refractivity (Wildman–Crippen MR) is 86.2 cm³/mol. The molecule has 26 heavy (non-hydrogen) atoms. The van der Waals surface area contributed by atoms with Crippen molar-refractivity contribution < 1.29 is 31.4 Å². The van der Waals surface area contributed by atoms with Crippen LogP contribution in [0.1, 0.15) is 23.6 Å². The molecule has 8 heteroatoms. The molecule has 0 saturated heterocycles. The van der Waals surface area contributed by atoms with E-state index in [1.165, 1.54) is 12.1 Å². The van der Waals surface area contributed by atoms with Gasteiger partial charge in [-0.2, -0.15) is 22.0 Å². The third-order valence-corrected chi connectivity index (χ3v) is 3.47. The smallest absolute Gasteiger partial charge is 0.416 e. The highest BCUT2D eigenvalue weighted by atomic mass is 19.4. The van der Waals surface area contributed by atoms with Crippen molar-refractivity contribution >= 4 is 0 Å². The van der Waals surface area contributed by atoms with E-state index in [1.54, 1.807) is 25.1 Å². The van der Waals surface area contributed by atoms with E-state index >= 15 is 0 Å². The normalized spacial score (nSPS) is 11.7. The van der Waals surface area contributed by atoms with Gasteiger partial charge in [0.2, 0.25) is 0 Å². The van der Waals surface area contributed by atoms with Crippen molar-refractivity contribution in [3.05, 3.63) is 59.2 Å². The molecular weight excluding hydrogens is 357 g/mol. The Morgan fingerprint density at radius 3 is 2.42 bits per heavy atom. The molecule has 0 amide bonds. The van der Waals surface area contributed by atoms with Gasteiger partial charge >= 0.3 is 12.8 Å². The summed E-state index contributed by atoms with van der Waals surface area (Å²) in [5.41, 5.74) is 0.109. The zero-order chi connectivity index (χ0) is 19.2. The lowest BCUT2D eigenvalue weighted by molar-refractivity contribution is -0.137. The Hall–Kier alpha value is -2.35. The van der Waals surface area contributed by atoms with Gasteiger partial charge in [-0.25, -0.2) is 0 Å². The van der Waals surface area contributed by atoms with E-state index in [4.69, 9.17) is 4.74 Å². The fourth-order valence-corrected chi connectivity index (χ4v) is 2.39. The minimum atomic E-state index is -4.42. The number of ether oxygens (including phenoxy) is 2. The van der Waals surface area contributed by atoms with Crippen LogP contribution in [0.15, 0.2) is 42.5 Å². The average molecular weight is 375 g/mol. The zero-order valence-corrected chi connectivity index (χ0v) is 13.9. The molecule has 0 spiro atoms. The summed E-state index contributed by atoms with van der Waals surface area (Å²) in [6, 6.07) is 9.63. The second-order valence-electron chi connectivity index (χ2n) is 5.36. The minimum Gasteiger partial charge on any atom is -0.490 e. The highest BCUT2D eigenvalue weighted by Gasteiger charge is 2.30. The molecule has 0 saturated carbocycles. The Morgan fingerprint density at radius 1 is 1.04 bits per heavy atom. The topological polar surface area (TPSA) is 30.5 Å². The molecule has 0 bridgehead atoms. The van der Waals surface area contributed by atoms with Crippen molar-refractivity contribution in [3.63, 3.8) is 0 Å². The second-order valence-corrected chi connectivity index (χ2v) is 5.36. The maximum absolute atomic E-state index is 12.7. The van der Waals surface area contributed by atoms with Gasteiger partial charge in [-0.15, -0.1) is 0 Å². The molecule has 0 aromatic heterocycles. The monoisotopic (exact) mass is 375 g/mol. The minimum absolute atomic E-state index is 0.0825. The van der Waals surface area contributed by atoms with Gasteiger partial charge in [0.1, 0.15) is 0 Å². The van der Waals surface area contributed by atoms with Gasteiger partial charge in [0.25, 0.3) is 0 Å². The second kappa shape index (κ2) is 8.84. The first-order chi connectivity index (χ1) is 12.3. The molecule has 3 nitrogen and oxygen atoms in total. The SMILES string of the molecule is CCOc1cccc(CNCc2cccc(C(F)(F)F)c2)c1OC(F)F. The van der Waals surface area contributed by atoms with Gasteiger partial charge in [0, 0.05) is 18.7 Å². The van der Waals surface area contributed by atoms with Crippen LogP contribution in [0.25, 0.3) is 0 Å². The first-order valence-corrected chi connectivity index (χ1v) is 7.87. The van der Waals surface area contributed by atoms with E-state index in [9.17, 15) is 22.0 Å². The summed E-state index contributed by atoms with van der Waals surface area (Å²) >= 11 is 0. The molecule has 0 aliphatic rings. The maximum Gasteiger partial charge on any atom is 0.416 e. The lowest BCUT2D eigenvalue weighted by atomic mass is 10.1. The first kappa shape index (κ1) is 20.0. The number of hydrogen-bond acceptors (Lipinski definition) is 3. The number of benzene rings is 2. The summed E-state index contributed by atoms with van der Waals surface area (Å²) in [5.74, 6) is 0.104. The summed E-state index contributed by atoms with van der Waals surface area (Å²) in [6.07, 6.45) is -4.42. The molecule has 0 aliphatic carbocycles. The van der Waals surface area contributed by atoms with E-state index in [2.05, 4.69) is 10.1 Å². The average Bonchev–Trinajstić information content (AvgIpc) is 2.57. The molecular formula is C18H18F5NO2. The van der Waals surface area contributed by atoms with Gasteiger partial charge in [0.15, 0.2) is 11.5 Å². The number of halogens is 5. The molecule has 0 atom stereocenters. The Labute approximate surface area is 147 Å². The van der Waals surface area contributed by atoms with Crippen molar-refractivity contribution in [1.29, 1.82) is 0 Å².